The molecule has 2 aromatic carbocycles. The normalized spacial score (nSPS) is 16.7. The van der Waals surface area contributed by atoms with Crippen molar-refractivity contribution in [2.24, 2.45) is 0 Å². The molecule has 6 heteroatoms. The summed E-state index contributed by atoms with van der Waals surface area (Å²) in [6.45, 7) is 1.33. The number of aromatic hydroxyl groups is 1. The average Bonchev–Trinajstić information content (AvgIpc) is 3.25. The minimum absolute atomic E-state index is 0.00751. The number of piperidine rings is 1. The van der Waals surface area contributed by atoms with Gasteiger partial charge >= 0.3 is 0 Å². The van der Waals surface area contributed by atoms with Crippen molar-refractivity contribution in [3.05, 3.63) is 72.1 Å². The van der Waals surface area contributed by atoms with Crippen molar-refractivity contribution in [3.63, 3.8) is 0 Å². The number of hydrogen-bond donors (Lipinski definition) is 2. The number of aromatic nitrogens is 1. The van der Waals surface area contributed by atoms with Gasteiger partial charge in [0, 0.05) is 36.6 Å². The summed E-state index contributed by atoms with van der Waals surface area (Å²) >= 11 is 0. The summed E-state index contributed by atoms with van der Waals surface area (Å²) in [5.74, 6) is 0.996. The standard InChI is InChI=1S/C23H23N3O3/c1-29-18-8-9-20-19(15-18)24-23(21-3-2-12-26(20)21)10-13-25(14-11-23)22(28)16-4-6-17(27)7-5-16/h2-9,12,15,24,27H,10-11,13-14H2,1H3. The van der Waals surface area contributed by atoms with Crippen LogP contribution < -0.4 is 10.1 Å². The molecular weight excluding hydrogens is 366 g/mol. The van der Waals surface area contributed by atoms with Crippen molar-refractivity contribution >= 4 is 11.6 Å². The summed E-state index contributed by atoms with van der Waals surface area (Å²) < 4.78 is 7.65. The number of likely N-dealkylation sites (tertiary alicyclic amines) is 1. The molecule has 1 fully saturated rings. The number of ether oxygens (including phenoxy) is 1. The average molecular weight is 389 g/mol. The molecule has 0 unspecified atom stereocenters. The molecule has 148 valence electrons. The first-order valence-electron chi connectivity index (χ1n) is 9.82. The Morgan fingerprint density at radius 1 is 1.10 bits per heavy atom. The molecule has 0 bridgehead atoms. The van der Waals surface area contributed by atoms with Crippen LogP contribution in [0.5, 0.6) is 11.5 Å². The third-order valence-corrected chi connectivity index (χ3v) is 6.09. The number of phenols is 1. The largest absolute Gasteiger partial charge is 0.508 e. The lowest BCUT2D eigenvalue weighted by molar-refractivity contribution is 0.0676. The van der Waals surface area contributed by atoms with Crippen molar-refractivity contribution in [1.82, 2.24) is 9.47 Å². The van der Waals surface area contributed by atoms with Gasteiger partial charge in [-0.15, -0.1) is 0 Å². The Kier molecular flexibility index (Phi) is 4.01. The van der Waals surface area contributed by atoms with E-state index in [1.807, 2.05) is 17.0 Å². The number of rotatable bonds is 2. The molecule has 5 rings (SSSR count). The summed E-state index contributed by atoms with van der Waals surface area (Å²) in [5.41, 5.74) is 3.78. The highest BCUT2D eigenvalue weighted by atomic mass is 16.5. The Balaban J connectivity index is 1.41. The molecule has 2 aliphatic rings. The van der Waals surface area contributed by atoms with Crippen LogP contribution in [0.2, 0.25) is 0 Å². The summed E-state index contributed by atoms with van der Waals surface area (Å²) in [7, 11) is 1.68. The molecule has 1 saturated heterocycles. The molecule has 1 amide bonds. The number of carbonyl (C=O) groups excluding carboxylic acids is 1. The van der Waals surface area contributed by atoms with E-state index in [1.54, 1.807) is 31.4 Å². The molecule has 29 heavy (non-hydrogen) atoms. The van der Waals surface area contributed by atoms with Crippen LogP contribution in [0.1, 0.15) is 28.9 Å². The smallest absolute Gasteiger partial charge is 0.253 e. The fourth-order valence-corrected chi connectivity index (χ4v) is 4.51. The quantitative estimate of drug-likeness (QED) is 0.701. The Morgan fingerprint density at radius 3 is 2.59 bits per heavy atom. The van der Waals surface area contributed by atoms with Gasteiger partial charge in [0.1, 0.15) is 11.5 Å². The molecule has 0 saturated carbocycles. The van der Waals surface area contributed by atoms with Crippen LogP contribution in [0.3, 0.4) is 0 Å². The van der Waals surface area contributed by atoms with E-state index in [0.29, 0.717) is 18.7 Å². The molecule has 3 aromatic rings. The summed E-state index contributed by atoms with van der Waals surface area (Å²) in [4.78, 5) is 14.8. The lowest BCUT2D eigenvalue weighted by Gasteiger charge is -2.46. The van der Waals surface area contributed by atoms with E-state index in [1.165, 1.54) is 5.69 Å². The topological polar surface area (TPSA) is 66.7 Å². The predicted molar refractivity (Wildman–Crippen MR) is 111 cm³/mol. The van der Waals surface area contributed by atoms with E-state index in [9.17, 15) is 9.90 Å². The minimum Gasteiger partial charge on any atom is -0.508 e. The number of benzene rings is 2. The van der Waals surface area contributed by atoms with Gasteiger partial charge in [0.15, 0.2) is 0 Å². The van der Waals surface area contributed by atoms with Gasteiger partial charge in [-0.2, -0.15) is 0 Å². The van der Waals surface area contributed by atoms with Crippen LogP contribution in [0.15, 0.2) is 60.8 Å². The lowest BCUT2D eigenvalue weighted by atomic mass is 9.82. The van der Waals surface area contributed by atoms with Gasteiger partial charge < -0.3 is 24.6 Å². The predicted octanol–water partition coefficient (Wildman–Crippen LogP) is 3.75. The number of hydrogen-bond acceptors (Lipinski definition) is 4. The maximum Gasteiger partial charge on any atom is 0.253 e. The Bertz CT molecular complexity index is 1060. The molecule has 1 spiro atoms. The molecule has 1 aromatic heterocycles. The SMILES string of the molecule is COc1ccc2c(c1)NC1(CCN(C(=O)c3ccc(O)cc3)CC1)c1cccn1-2. The van der Waals surface area contributed by atoms with Gasteiger partial charge in [0.25, 0.3) is 5.91 Å². The monoisotopic (exact) mass is 389 g/mol. The van der Waals surface area contributed by atoms with Crippen molar-refractivity contribution in [2.75, 3.05) is 25.5 Å². The van der Waals surface area contributed by atoms with Gasteiger partial charge in [-0.1, -0.05) is 0 Å². The van der Waals surface area contributed by atoms with Crippen LogP contribution in [0.25, 0.3) is 5.69 Å². The fraction of sp³-hybridized carbons (Fsp3) is 0.261. The van der Waals surface area contributed by atoms with E-state index < -0.39 is 0 Å². The van der Waals surface area contributed by atoms with Crippen LogP contribution in [-0.2, 0) is 5.54 Å². The number of nitrogens with zero attached hydrogens (tertiary/aromatic N) is 2. The summed E-state index contributed by atoms with van der Waals surface area (Å²) in [6.07, 6.45) is 3.73. The van der Waals surface area contributed by atoms with E-state index in [2.05, 4.69) is 34.3 Å². The zero-order valence-corrected chi connectivity index (χ0v) is 16.3. The Morgan fingerprint density at radius 2 is 1.86 bits per heavy atom. The highest BCUT2D eigenvalue weighted by Crippen LogP contribution is 2.44. The van der Waals surface area contributed by atoms with E-state index >= 15 is 0 Å². The van der Waals surface area contributed by atoms with Crippen LogP contribution >= 0.6 is 0 Å². The molecule has 0 radical (unpaired) electrons. The fourth-order valence-electron chi connectivity index (χ4n) is 4.51. The number of methoxy groups -OCH3 is 1. The molecule has 0 aliphatic carbocycles. The summed E-state index contributed by atoms with van der Waals surface area (Å²) in [5, 5.41) is 13.2. The first-order valence-corrected chi connectivity index (χ1v) is 9.82. The van der Waals surface area contributed by atoms with Gasteiger partial charge in [0.2, 0.25) is 0 Å². The number of fused-ring (bicyclic) bond motifs is 4. The Hall–Kier alpha value is -3.41. The number of carbonyl (C=O) groups is 1. The second kappa shape index (κ2) is 6.58. The van der Waals surface area contributed by atoms with Crippen molar-refractivity contribution in [2.45, 2.75) is 18.4 Å². The second-order valence-corrected chi connectivity index (χ2v) is 7.69. The molecule has 2 N–H and O–H groups in total. The third kappa shape index (κ3) is 2.83. The molecule has 3 heterocycles. The van der Waals surface area contributed by atoms with Gasteiger partial charge in [-0.3, -0.25) is 4.79 Å². The number of amides is 1. The van der Waals surface area contributed by atoms with Crippen molar-refractivity contribution < 1.29 is 14.6 Å². The van der Waals surface area contributed by atoms with Gasteiger partial charge in [0.05, 0.1) is 24.0 Å². The highest BCUT2D eigenvalue weighted by molar-refractivity contribution is 5.94. The van der Waals surface area contributed by atoms with E-state index in [-0.39, 0.29) is 17.2 Å². The minimum atomic E-state index is -0.214. The van der Waals surface area contributed by atoms with Crippen molar-refractivity contribution in [3.8, 4) is 17.2 Å². The van der Waals surface area contributed by atoms with E-state index in [0.717, 1.165) is 30.0 Å². The maximum atomic E-state index is 12.9. The molecule has 2 aliphatic heterocycles. The number of phenolic OH excluding ortho intramolecular Hbond substituents is 1. The molecule has 6 nitrogen and oxygen atoms in total. The second-order valence-electron chi connectivity index (χ2n) is 7.69. The highest BCUT2D eigenvalue weighted by Gasteiger charge is 2.42. The van der Waals surface area contributed by atoms with Crippen LogP contribution in [0, 0.1) is 0 Å². The molecule has 0 atom stereocenters. The zero-order chi connectivity index (χ0) is 20.0. The maximum absolute atomic E-state index is 12.9. The number of anilines is 1. The number of nitrogens with one attached hydrogen (secondary N) is 1. The van der Waals surface area contributed by atoms with E-state index in [4.69, 9.17) is 4.74 Å². The van der Waals surface area contributed by atoms with Gasteiger partial charge in [-0.05, 0) is 61.4 Å². The van der Waals surface area contributed by atoms with Crippen molar-refractivity contribution in [1.29, 1.82) is 0 Å². The van der Waals surface area contributed by atoms with Gasteiger partial charge in [-0.25, -0.2) is 0 Å². The first-order chi connectivity index (χ1) is 14.1. The zero-order valence-electron chi connectivity index (χ0n) is 16.3. The third-order valence-electron chi connectivity index (χ3n) is 6.09. The lowest BCUT2D eigenvalue weighted by Crippen LogP contribution is -2.51. The molecular formula is C23H23N3O3. The summed E-state index contributed by atoms with van der Waals surface area (Å²) in [6, 6.07) is 16.8. The van der Waals surface area contributed by atoms with Crippen LogP contribution in [-0.4, -0.2) is 40.7 Å². The van der Waals surface area contributed by atoms with Crippen LogP contribution in [0.4, 0.5) is 5.69 Å². The Labute approximate surface area is 169 Å². The first kappa shape index (κ1) is 17.7.